The number of hydrogen-bond donors (Lipinski definition) is 2. The van der Waals surface area contributed by atoms with E-state index >= 15 is 0 Å². The first-order valence-corrected chi connectivity index (χ1v) is 17.3. The van der Waals surface area contributed by atoms with E-state index in [2.05, 4.69) is 12.2 Å². The Bertz CT molecular complexity index is 2030. The van der Waals surface area contributed by atoms with Crippen molar-refractivity contribution >= 4 is 17.7 Å². The summed E-state index contributed by atoms with van der Waals surface area (Å²) >= 11 is 1.63. The van der Waals surface area contributed by atoms with Crippen molar-refractivity contribution in [3.05, 3.63) is 154 Å². The van der Waals surface area contributed by atoms with E-state index in [1.165, 1.54) is 0 Å². The summed E-state index contributed by atoms with van der Waals surface area (Å²) in [5.41, 5.74) is 2.95. The molecule has 2 N–H and O–H groups in total. The molecule has 1 fully saturated rings. The first-order chi connectivity index (χ1) is 25.1. The van der Waals surface area contributed by atoms with Gasteiger partial charge in [0.2, 0.25) is 5.82 Å². The number of methoxy groups -OCH3 is 1. The summed E-state index contributed by atoms with van der Waals surface area (Å²) < 4.78 is 88.0. The van der Waals surface area contributed by atoms with Gasteiger partial charge in [0, 0.05) is 28.7 Å². The molecule has 0 radical (unpaired) electrons. The van der Waals surface area contributed by atoms with Gasteiger partial charge in [0.15, 0.2) is 29.6 Å². The third-order valence-corrected chi connectivity index (χ3v) is 10.0. The zero-order valence-corrected chi connectivity index (χ0v) is 28.9. The van der Waals surface area contributed by atoms with Crippen molar-refractivity contribution in [2.75, 3.05) is 12.9 Å². The number of amides is 1. The number of carbonyl (C=O) groups excluding carboxylic acids is 1. The van der Waals surface area contributed by atoms with Crippen molar-refractivity contribution in [2.45, 2.75) is 43.5 Å². The summed E-state index contributed by atoms with van der Waals surface area (Å²) in [6.07, 6.45) is -1.31. The highest BCUT2D eigenvalue weighted by Gasteiger charge is 2.38. The Balaban J connectivity index is 1.23. The number of aliphatic hydroxyl groups excluding tert-OH is 1. The van der Waals surface area contributed by atoms with E-state index in [1.54, 1.807) is 37.1 Å². The highest BCUT2D eigenvalue weighted by atomic mass is 32.2. The van der Waals surface area contributed by atoms with Crippen molar-refractivity contribution in [1.82, 2.24) is 5.32 Å². The van der Waals surface area contributed by atoms with Gasteiger partial charge in [-0.15, -0.1) is 11.8 Å². The number of carbonyl (C=O) groups is 1. The molecular formula is C40H34F5NO5S. The van der Waals surface area contributed by atoms with Gasteiger partial charge in [0.05, 0.1) is 25.9 Å². The average molecular weight is 736 g/mol. The Hall–Kier alpha value is -4.75. The Kier molecular flexibility index (Phi) is 11.6. The molecule has 1 aliphatic heterocycles. The van der Waals surface area contributed by atoms with Crippen LogP contribution in [0.15, 0.2) is 102 Å². The summed E-state index contributed by atoms with van der Waals surface area (Å²) in [6.45, 7) is 1.76. The number of benzene rings is 5. The Morgan fingerprint density at radius 2 is 1.42 bits per heavy atom. The lowest BCUT2D eigenvalue weighted by molar-refractivity contribution is -0.268. The topological polar surface area (TPSA) is 77.0 Å². The largest absolute Gasteiger partial charge is 0.496 e. The third kappa shape index (κ3) is 7.85. The Morgan fingerprint density at radius 1 is 0.769 bits per heavy atom. The minimum Gasteiger partial charge on any atom is -0.496 e. The zero-order chi connectivity index (χ0) is 36.9. The quantitative estimate of drug-likeness (QED) is 0.0611. The lowest BCUT2D eigenvalue weighted by Gasteiger charge is -2.41. The van der Waals surface area contributed by atoms with Crippen molar-refractivity contribution in [3.63, 3.8) is 0 Å². The van der Waals surface area contributed by atoms with E-state index in [1.807, 2.05) is 78.9 Å². The van der Waals surface area contributed by atoms with Gasteiger partial charge in [-0.05, 0) is 52.1 Å². The number of aliphatic hydroxyl groups is 1. The highest BCUT2D eigenvalue weighted by molar-refractivity contribution is 7.99. The fraction of sp³-hybridized carbons (Fsp3) is 0.225. The van der Waals surface area contributed by atoms with Crippen LogP contribution in [0.25, 0.3) is 11.1 Å². The van der Waals surface area contributed by atoms with Crippen molar-refractivity contribution in [2.24, 2.45) is 5.92 Å². The number of para-hydroxylation sites is 1. The van der Waals surface area contributed by atoms with Gasteiger partial charge in [-0.1, -0.05) is 79.7 Å². The van der Waals surface area contributed by atoms with Crippen LogP contribution in [0.3, 0.4) is 0 Å². The first-order valence-electron chi connectivity index (χ1n) is 16.3. The Morgan fingerprint density at radius 3 is 2.12 bits per heavy atom. The second-order valence-electron chi connectivity index (χ2n) is 12.2. The molecule has 1 heterocycles. The molecule has 0 spiro atoms. The second-order valence-corrected chi connectivity index (χ2v) is 13.3. The van der Waals surface area contributed by atoms with Crippen molar-refractivity contribution < 1.29 is 46.1 Å². The smallest absolute Gasteiger partial charge is 0.257 e. The summed E-state index contributed by atoms with van der Waals surface area (Å²) in [5, 5.41) is 11.8. The van der Waals surface area contributed by atoms with Crippen LogP contribution in [0.2, 0.25) is 0 Å². The lowest BCUT2D eigenvalue weighted by Crippen LogP contribution is -2.38. The fourth-order valence-corrected chi connectivity index (χ4v) is 7.21. The minimum atomic E-state index is -2.34. The summed E-state index contributed by atoms with van der Waals surface area (Å²) in [6, 6.07) is 29.9. The van der Waals surface area contributed by atoms with Crippen LogP contribution in [0, 0.1) is 35.0 Å². The van der Waals surface area contributed by atoms with Gasteiger partial charge >= 0.3 is 0 Å². The summed E-state index contributed by atoms with van der Waals surface area (Å²) in [4.78, 5) is 13.5. The first kappa shape index (κ1) is 37.0. The zero-order valence-electron chi connectivity index (χ0n) is 28.0. The van der Waals surface area contributed by atoms with Gasteiger partial charge in [-0.2, -0.15) is 0 Å². The second kappa shape index (κ2) is 16.3. The number of hydrogen-bond acceptors (Lipinski definition) is 6. The number of halogens is 5. The van der Waals surface area contributed by atoms with E-state index in [0.717, 1.165) is 38.5 Å². The van der Waals surface area contributed by atoms with Gasteiger partial charge in [0.25, 0.3) is 5.91 Å². The predicted molar refractivity (Wildman–Crippen MR) is 186 cm³/mol. The molecule has 5 aromatic carbocycles. The molecule has 0 aromatic heterocycles. The summed E-state index contributed by atoms with van der Waals surface area (Å²) in [7, 11) is 1.63. The van der Waals surface area contributed by atoms with Crippen LogP contribution in [-0.2, 0) is 22.6 Å². The van der Waals surface area contributed by atoms with Crippen LogP contribution in [0.4, 0.5) is 22.0 Å². The van der Waals surface area contributed by atoms with E-state index in [0.29, 0.717) is 11.3 Å². The molecule has 0 saturated carbocycles. The van der Waals surface area contributed by atoms with E-state index in [-0.39, 0.29) is 31.3 Å². The number of rotatable bonds is 11. The maximum absolute atomic E-state index is 14.2. The molecule has 270 valence electrons. The van der Waals surface area contributed by atoms with Crippen LogP contribution in [0.5, 0.6) is 5.75 Å². The maximum atomic E-state index is 14.2. The predicted octanol–water partition coefficient (Wildman–Crippen LogP) is 9.06. The summed E-state index contributed by atoms with van der Waals surface area (Å²) in [5.74, 6) is -11.2. The lowest BCUT2D eigenvalue weighted by atomic mass is 9.91. The van der Waals surface area contributed by atoms with E-state index < -0.39 is 46.8 Å². The van der Waals surface area contributed by atoms with Crippen LogP contribution < -0.4 is 10.1 Å². The molecule has 52 heavy (non-hydrogen) atoms. The molecule has 0 aliphatic carbocycles. The van der Waals surface area contributed by atoms with E-state index in [4.69, 9.17) is 14.2 Å². The molecule has 12 heteroatoms. The standard InChI is InChI=1S/C40H34F5NO5S/c1-22-30(21-52-31-12-4-3-11-29(31)49-2)50-40(51-38(22)25-15-13-23(20-47)14-16-25)28-10-6-9-27(18-28)26-8-5-7-24(17-26)19-46-39(48)32-33(41)35(43)37(45)36(44)34(32)42/h3-18,22,30,38,40,47H,19-21H2,1-2H3,(H,46,48)/t22-,30+,38+,40+/m0/s1. The molecule has 1 saturated heterocycles. The Labute approximate surface area is 301 Å². The number of nitrogens with one attached hydrogen (secondary N) is 1. The SMILES string of the molecule is COc1ccccc1SC[C@H]1O[C@@H](c2cccc(-c3cccc(CNC(=O)c4c(F)c(F)c(F)c(F)c4F)c3)c2)O[C@@H](c2ccc(CO)cc2)[C@H]1C. The highest BCUT2D eigenvalue weighted by Crippen LogP contribution is 2.44. The molecule has 1 aliphatic rings. The molecule has 5 aromatic rings. The van der Waals surface area contributed by atoms with Gasteiger partial charge < -0.3 is 24.6 Å². The normalized spacial score (nSPS) is 18.6. The van der Waals surface area contributed by atoms with E-state index in [9.17, 15) is 31.9 Å². The molecule has 6 nitrogen and oxygen atoms in total. The van der Waals surface area contributed by atoms with Crippen molar-refractivity contribution in [3.8, 4) is 16.9 Å². The maximum Gasteiger partial charge on any atom is 0.257 e. The number of thioether (sulfide) groups is 1. The molecule has 6 rings (SSSR count). The molecular weight excluding hydrogens is 701 g/mol. The van der Waals surface area contributed by atoms with Gasteiger partial charge in [-0.25, -0.2) is 22.0 Å². The molecule has 0 unspecified atom stereocenters. The third-order valence-electron chi connectivity index (χ3n) is 8.90. The monoisotopic (exact) mass is 735 g/mol. The van der Waals surface area contributed by atoms with Gasteiger partial charge in [-0.3, -0.25) is 4.79 Å². The van der Waals surface area contributed by atoms with Crippen LogP contribution in [0.1, 0.15) is 51.9 Å². The molecule has 1 amide bonds. The van der Waals surface area contributed by atoms with Crippen LogP contribution >= 0.6 is 11.8 Å². The average Bonchev–Trinajstić information content (AvgIpc) is 3.18. The molecule has 4 atom stereocenters. The van der Waals surface area contributed by atoms with Crippen molar-refractivity contribution in [1.29, 1.82) is 0 Å². The van der Waals surface area contributed by atoms with Gasteiger partial charge in [0.1, 0.15) is 11.3 Å². The molecule has 0 bridgehead atoms. The fourth-order valence-electron chi connectivity index (χ4n) is 6.02. The minimum absolute atomic E-state index is 0.0432. The number of ether oxygens (including phenoxy) is 3. The van der Waals surface area contributed by atoms with Crippen LogP contribution in [-0.4, -0.2) is 30.0 Å².